The SMILES string of the molecule is CCOC(=O)CC1(O)CC2(OCCO2)C(Cl)=C1Cl. The lowest BCUT2D eigenvalue weighted by molar-refractivity contribution is -0.157. The quantitative estimate of drug-likeness (QED) is 0.800. The molecular weight excluding hydrogens is 283 g/mol. The molecule has 0 aromatic rings. The third kappa shape index (κ3) is 2.26. The summed E-state index contributed by atoms with van der Waals surface area (Å²) in [5.74, 6) is -1.75. The number of carbonyl (C=O) groups excluding carboxylic acids is 1. The van der Waals surface area contributed by atoms with Crippen LogP contribution in [0.1, 0.15) is 19.8 Å². The van der Waals surface area contributed by atoms with Gasteiger partial charge >= 0.3 is 5.97 Å². The maximum atomic E-state index is 11.5. The maximum absolute atomic E-state index is 11.5. The minimum atomic E-state index is -1.59. The number of rotatable bonds is 3. The van der Waals surface area contributed by atoms with Crippen molar-refractivity contribution < 1.29 is 24.1 Å². The molecule has 0 bridgehead atoms. The fourth-order valence-corrected chi connectivity index (χ4v) is 2.82. The van der Waals surface area contributed by atoms with Crippen molar-refractivity contribution in [3.63, 3.8) is 0 Å². The van der Waals surface area contributed by atoms with Crippen molar-refractivity contribution in [2.75, 3.05) is 19.8 Å². The molecule has 7 heteroatoms. The van der Waals surface area contributed by atoms with Crippen molar-refractivity contribution in [2.24, 2.45) is 0 Å². The van der Waals surface area contributed by atoms with Crippen molar-refractivity contribution in [1.29, 1.82) is 0 Å². The summed E-state index contributed by atoms with van der Waals surface area (Å²) in [7, 11) is 0. The Labute approximate surface area is 115 Å². The first-order valence-corrected chi connectivity index (χ1v) is 6.41. The minimum absolute atomic E-state index is 0.00349. The number of esters is 1. The monoisotopic (exact) mass is 296 g/mol. The normalized spacial score (nSPS) is 30.2. The van der Waals surface area contributed by atoms with Crippen molar-refractivity contribution >= 4 is 29.2 Å². The fraction of sp³-hybridized carbons (Fsp3) is 0.727. The molecule has 1 unspecified atom stereocenters. The highest BCUT2D eigenvalue weighted by atomic mass is 35.5. The van der Waals surface area contributed by atoms with Gasteiger partial charge < -0.3 is 19.3 Å². The van der Waals surface area contributed by atoms with Gasteiger partial charge in [0.15, 0.2) is 0 Å². The molecule has 0 radical (unpaired) electrons. The van der Waals surface area contributed by atoms with Crippen molar-refractivity contribution in [1.82, 2.24) is 0 Å². The van der Waals surface area contributed by atoms with E-state index in [9.17, 15) is 9.90 Å². The molecule has 1 N–H and O–H groups in total. The zero-order valence-corrected chi connectivity index (χ0v) is 11.4. The zero-order valence-electron chi connectivity index (χ0n) is 9.87. The summed E-state index contributed by atoms with van der Waals surface area (Å²) in [6.45, 7) is 2.67. The summed E-state index contributed by atoms with van der Waals surface area (Å²) in [6, 6.07) is 0. The molecule has 1 spiro atoms. The van der Waals surface area contributed by atoms with Gasteiger partial charge in [0, 0.05) is 6.42 Å². The third-order valence-electron chi connectivity index (χ3n) is 2.96. The molecule has 2 aliphatic rings. The van der Waals surface area contributed by atoms with Crippen LogP contribution in [0.4, 0.5) is 0 Å². The standard InChI is InChI=1S/C11H14Cl2O5/c1-2-16-7(14)5-10(15)6-11(9(13)8(10)12)17-3-4-18-11/h15H,2-6H2,1H3. The van der Waals surface area contributed by atoms with Gasteiger partial charge in [0.2, 0.25) is 5.79 Å². The first-order chi connectivity index (χ1) is 8.43. The lowest BCUT2D eigenvalue weighted by Gasteiger charge is -2.26. The Morgan fingerprint density at radius 1 is 1.39 bits per heavy atom. The Kier molecular flexibility index (Phi) is 3.90. The van der Waals surface area contributed by atoms with E-state index in [4.69, 9.17) is 37.4 Å². The Balaban J connectivity index is 2.18. The smallest absolute Gasteiger partial charge is 0.309 e. The lowest BCUT2D eigenvalue weighted by Crippen LogP contribution is -2.37. The van der Waals surface area contributed by atoms with Crippen LogP contribution in [-0.2, 0) is 19.0 Å². The van der Waals surface area contributed by atoms with Crippen LogP contribution >= 0.6 is 23.2 Å². The van der Waals surface area contributed by atoms with Crippen molar-refractivity contribution in [2.45, 2.75) is 31.2 Å². The lowest BCUT2D eigenvalue weighted by atomic mass is 9.97. The minimum Gasteiger partial charge on any atom is -0.466 e. The molecule has 1 aliphatic heterocycles. The molecule has 1 aliphatic carbocycles. The topological polar surface area (TPSA) is 65.0 Å². The zero-order chi connectivity index (χ0) is 13.4. The molecule has 18 heavy (non-hydrogen) atoms. The van der Waals surface area contributed by atoms with Crippen LogP contribution in [0.15, 0.2) is 10.1 Å². The third-order valence-corrected chi connectivity index (χ3v) is 4.07. The first kappa shape index (κ1) is 14.1. The molecule has 1 fully saturated rings. The predicted octanol–water partition coefficient (Wildman–Crippen LogP) is 1.51. The van der Waals surface area contributed by atoms with Gasteiger partial charge in [-0.25, -0.2) is 0 Å². The van der Waals surface area contributed by atoms with Crippen molar-refractivity contribution in [3.8, 4) is 0 Å². The molecule has 1 atom stereocenters. The van der Waals surface area contributed by atoms with E-state index in [1.807, 2.05) is 0 Å². The number of halogens is 2. The summed E-state index contributed by atoms with van der Waals surface area (Å²) in [4.78, 5) is 11.5. The highest BCUT2D eigenvalue weighted by Gasteiger charge is 2.57. The van der Waals surface area contributed by atoms with Gasteiger partial charge in [-0.2, -0.15) is 0 Å². The molecule has 5 nitrogen and oxygen atoms in total. The molecule has 2 rings (SSSR count). The molecule has 0 amide bonds. The number of ether oxygens (including phenoxy) is 3. The highest BCUT2D eigenvalue weighted by molar-refractivity contribution is 6.41. The molecular formula is C11H14Cl2O5. The van der Waals surface area contributed by atoms with E-state index in [0.29, 0.717) is 13.2 Å². The van der Waals surface area contributed by atoms with E-state index < -0.39 is 17.4 Å². The van der Waals surface area contributed by atoms with Crippen LogP contribution < -0.4 is 0 Å². The van der Waals surface area contributed by atoms with Gasteiger partial charge in [-0.1, -0.05) is 23.2 Å². The van der Waals surface area contributed by atoms with Crippen LogP contribution in [0, 0.1) is 0 Å². The predicted molar refractivity (Wildman–Crippen MR) is 64.2 cm³/mol. The molecule has 0 saturated carbocycles. The van der Waals surface area contributed by atoms with Gasteiger partial charge in [-0.3, -0.25) is 4.79 Å². The molecule has 102 valence electrons. The van der Waals surface area contributed by atoms with Crippen LogP contribution in [0.25, 0.3) is 0 Å². The second-order valence-corrected chi connectivity index (χ2v) is 5.02. The van der Waals surface area contributed by atoms with Gasteiger partial charge in [-0.05, 0) is 6.92 Å². The second kappa shape index (κ2) is 4.98. The molecule has 0 aromatic heterocycles. The Morgan fingerprint density at radius 2 is 2.00 bits per heavy atom. The number of carbonyl (C=O) groups is 1. The Morgan fingerprint density at radius 3 is 2.56 bits per heavy atom. The summed E-state index contributed by atoms with van der Waals surface area (Å²) in [6.07, 6.45) is -0.277. The van der Waals surface area contributed by atoms with Gasteiger partial charge in [0.05, 0.1) is 36.3 Å². The van der Waals surface area contributed by atoms with Crippen LogP contribution in [0.3, 0.4) is 0 Å². The molecule has 1 saturated heterocycles. The number of hydrogen-bond donors (Lipinski definition) is 1. The molecule has 1 heterocycles. The summed E-state index contributed by atoms with van der Waals surface area (Å²) >= 11 is 12.1. The van der Waals surface area contributed by atoms with E-state index in [2.05, 4.69) is 0 Å². The largest absolute Gasteiger partial charge is 0.466 e. The number of hydrogen-bond acceptors (Lipinski definition) is 5. The number of aliphatic hydroxyl groups is 1. The Bertz CT molecular complexity index is 389. The average molecular weight is 297 g/mol. The Hall–Kier alpha value is -0.330. The maximum Gasteiger partial charge on any atom is 0.309 e. The van der Waals surface area contributed by atoms with E-state index in [-0.39, 0.29) is 29.5 Å². The average Bonchev–Trinajstić information content (AvgIpc) is 2.82. The van der Waals surface area contributed by atoms with Gasteiger partial charge in [-0.15, -0.1) is 0 Å². The fourth-order valence-electron chi connectivity index (χ4n) is 2.19. The summed E-state index contributed by atoms with van der Waals surface area (Å²) in [5.41, 5.74) is -1.59. The molecule has 0 aromatic carbocycles. The van der Waals surface area contributed by atoms with E-state index in [0.717, 1.165) is 0 Å². The first-order valence-electron chi connectivity index (χ1n) is 5.66. The van der Waals surface area contributed by atoms with Crippen LogP contribution in [0.5, 0.6) is 0 Å². The van der Waals surface area contributed by atoms with E-state index in [1.54, 1.807) is 6.92 Å². The van der Waals surface area contributed by atoms with Crippen molar-refractivity contribution in [3.05, 3.63) is 10.1 Å². The summed E-state index contributed by atoms with van der Waals surface area (Å²) < 4.78 is 15.6. The van der Waals surface area contributed by atoms with Gasteiger partial charge in [0.25, 0.3) is 0 Å². The van der Waals surface area contributed by atoms with E-state index >= 15 is 0 Å². The van der Waals surface area contributed by atoms with E-state index in [1.165, 1.54) is 0 Å². The highest BCUT2D eigenvalue weighted by Crippen LogP contribution is 2.51. The van der Waals surface area contributed by atoms with Gasteiger partial charge in [0.1, 0.15) is 5.60 Å². The summed E-state index contributed by atoms with van der Waals surface area (Å²) in [5, 5.41) is 10.5. The van der Waals surface area contributed by atoms with Crippen LogP contribution in [0.2, 0.25) is 0 Å². The second-order valence-electron chi connectivity index (χ2n) is 4.27. The van der Waals surface area contributed by atoms with Crippen LogP contribution in [-0.4, -0.2) is 42.3 Å².